The highest BCUT2D eigenvalue weighted by Gasteiger charge is 2.20. The third kappa shape index (κ3) is 9.07. The summed E-state index contributed by atoms with van der Waals surface area (Å²) >= 11 is 0. The minimum Gasteiger partial charge on any atom is -0.508 e. The summed E-state index contributed by atoms with van der Waals surface area (Å²) < 4.78 is 10.8. The van der Waals surface area contributed by atoms with Gasteiger partial charge in [-0.3, -0.25) is 0 Å². The Morgan fingerprint density at radius 2 is 1.79 bits per heavy atom. The second kappa shape index (κ2) is 15.4. The molecule has 0 amide bonds. The molecule has 0 unspecified atom stereocenters. The number of aliphatic hydroxyl groups is 1. The van der Waals surface area contributed by atoms with E-state index < -0.39 is 0 Å². The van der Waals surface area contributed by atoms with Crippen LogP contribution in [0.15, 0.2) is 78.6 Å². The van der Waals surface area contributed by atoms with Crippen molar-refractivity contribution < 1.29 is 14.6 Å². The van der Waals surface area contributed by atoms with Gasteiger partial charge in [-0.2, -0.15) is 0 Å². The average Bonchev–Trinajstić information content (AvgIpc) is 2.94. The zero-order valence-electron chi connectivity index (χ0n) is 23.8. The fourth-order valence-electron chi connectivity index (χ4n) is 4.98. The number of allylic oxidation sites excluding steroid dienone is 4. The van der Waals surface area contributed by atoms with Gasteiger partial charge in [0.25, 0.3) is 0 Å². The van der Waals surface area contributed by atoms with Crippen molar-refractivity contribution in [2.45, 2.75) is 51.5 Å². The van der Waals surface area contributed by atoms with Crippen LogP contribution in [0.4, 0.5) is 5.69 Å². The highest BCUT2D eigenvalue weighted by molar-refractivity contribution is 5.59. The predicted octanol–water partition coefficient (Wildman–Crippen LogP) is 7.05. The Labute approximate surface area is 230 Å². The number of rotatable bonds is 12. The number of likely N-dealkylation sites (N-methyl/N-ethyl adjacent to an activating group) is 1. The molecular formula is C33H46N2O3. The summed E-state index contributed by atoms with van der Waals surface area (Å²) in [6.45, 7) is 11.0. The van der Waals surface area contributed by atoms with Gasteiger partial charge in [0.15, 0.2) is 0 Å². The molecule has 206 valence electrons. The van der Waals surface area contributed by atoms with Gasteiger partial charge in [-0.25, -0.2) is 0 Å². The monoisotopic (exact) mass is 518 g/mol. The molecule has 0 saturated heterocycles. The van der Waals surface area contributed by atoms with Crippen LogP contribution in [-0.4, -0.2) is 57.5 Å². The molecule has 5 nitrogen and oxygen atoms in total. The number of aliphatic hydroxyl groups excluding tert-OH is 1. The van der Waals surface area contributed by atoms with Gasteiger partial charge in [0.2, 0.25) is 0 Å². The van der Waals surface area contributed by atoms with E-state index in [0.717, 1.165) is 76.2 Å². The van der Waals surface area contributed by atoms with E-state index in [-0.39, 0.29) is 0 Å². The van der Waals surface area contributed by atoms with Crippen LogP contribution in [0, 0.1) is 0 Å². The second-order valence-corrected chi connectivity index (χ2v) is 10.3. The molecule has 38 heavy (non-hydrogen) atoms. The second-order valence-electron chi connectivity index (χ2n) is 10.3. The van der Waals surface area contributed by atoms with Crippen LogP contribution in [0.5, 0.6) is 5.75 Å². The molecule has 0 fully saturated rings. The number of hydrogen-bond donors (Lipinski definition) is 1. The molecule has 1 aliphatic rings. The maximum atomic E-state index is 9.99. The maximum Gasteiger partial charge on any atom is 0.120 e. The SMILES string of the molecule is C=C1/C=C\C(O)=C/CCC[C@@H](c2ccc(OC)cc2N(CC)Cc2ccc(CCN(C)CCOC)cc2)C1. The van der Waals surface area contributed by atoms with Crippen molar-refractivity contribution in [2.24, 2.45) is 0 Å². The Morgan fingerprint density at radius 3 is 2.50 bits per heavy atom. The molecule has 1 aliphatic carbocycles. The third-order valence-electron chi connectivity index (χ3n) is 7.36. The molecule has 0 aliphatic heterocycles. The predicted molar refractivity (Wildman–Crippen MR) is 159 cm³/mol. The van der Waals surface area contributed by atoms with Crippen LogP contribution in [0.25, 0.3) is 0 Å². The lowest BCUT2D eigenvalue weighted by Gasteiger charge is -2.30. The molecular weight excluding hydrogens is 472 g/mol. The lowest BCUT2D eigenvalue weighted by Crippen LogP contribution is -2.25. The lowest BCUT2D eigenvalue weighted by molar-refractivity contribution is 0.162. The number of ether oxygens (including phenoxy) is 2. The Morgan fingerprint density at radius 1 is 1.03 bits per heavy atom. The molecule has 0 bridgehead atoms. The summed E-state index contributed by atoms with van der Waals surface area (Å²) in [6.07, 6.45) is 10.5. The van der Waals surface area contributed by atoms with Gasteiger partial charge in [0, 0.05) is 45.0 Å². The zero-order valence-corrected chi connectivity index (χ0v) is 23.8. The highest BCUT2D eigenvalue weighted by atomic mass is 16.5. The van der Waals surface area contributed by atoms with Crippen molar-refractivity contribution in [1.29, 1.82) is 0 Å². The van der Waals surface area contributed by atoms with E-state index in [0.29, 0.717) is 11.7 Å². The molecule has 5 heteroatoms. The van der Waals surface area contributed by atoms with Crippen molar-refractivity contribution in [3.05, 3.63) is 95.3 Å². The van der Waals surface area contributed by atoms with Crippen LogP contribution < -0.4 is 9.64 Å². The third-order valence-corrected chi connectivity index (χ3v) is 7.36. The average molecular weight is 519 g/mol. The van der Waals surface area contributed by atoms with E-state index in [1.807, 2.05) is 12.2 Å². The summed E-state index contributed by atoms with van der Waals surface area (Å²) in [5, 5.41) is 9.99. The van der Waals surface area contributed by atoms with Crippen molar-refractivity contribution in [3.8, 4) is 5.75 Å². The van der Waals surface area contributed by atoms with Gasteiger partial charge in [-0.15, -0.1) is 0 Å². The first-order valence-electron chi connectivity index (χ1n) is 13.9. The van der Waals surface area contributed by atoms with Crippen LogP contribution in [0.3, 0.4) is 0 Å². The van der Waals surface area contributed by atoms with Crippen molar-refractivity contribution in [1.82, 2.24) is 4.90 Å². The Balaban J connectivity index is 1.78. The van der Waals surface area contributed by atoms with Gasteiger partial charge in [0.1, 0.15) is 11.5 Å². The van der Waals surface area contributed by atoms with E-state index in [2.05, 4.69) is 72.8 Å². The standard InChI is InChI=1S/C33H46N2O3/c1-6-35(25-28-14-12-27(13-15-28)19-20-34(3)21-22-37-4)33-24-31(38-5)17-18-32(33)29-9-7-8-10-30(36)16-11-26(2)23-29/h10-18,24,29,36H,2,6-9,19-23,25H2,1,3-5H3/b16-11-,30-10+/t29-/m1/s1. The van der Waals surface area contributed by atoms with Crippen molar-refractivity contribution in [3.63, 3.8) is 0 Å². The summed E-state index contributed by atoms with van der Waals surface area (Å²) in [5.41, 5.74) is 6.26. The molecule has 1 atom stereocenters. The molecule has 1 N–H and O–H groups in total. The molecule has 0 radical (unpaired) electrons. The largest absolute Gasteiger partial charge is 0.508 e. The molecule has 0 heterocycles. The summed E-state index contributed by atoms with van der Waals surface area (Å²) in [6, 6.07) is 15.6. The minimum absolute atomic E-state index is 0.330. The van der Waals surface area contributed by atoms with E-state index in [1.165, 1.54) is 22.4 Å². The molecule has 2 aromatic rings. The number of anilines is 1. The van der Waals surface area contributed by atoms with Gasteiger partial charge in [0.05, 0.1) is 13.7 Å². The van der Waals surface area contributed by atoms with Gasteiger partial charge < -0.3 is 24.4 Å². The maximum absolute atomic E-state index is 9.99. The smallest absolute Gasteiger partial charge is 0.120 e. The van der Waals surface area contributed by atoms with Crippen LogP contribution in [0.2, 0.25) is 0 Å². The molecule has 0 spiro atoms. The first kappa shape index (κ1) is 29.5. The Hall–Kier alpha value is -3.02. The molecule has 3 rings (SSSR count). The van der Waals surface area contributed by atoms with Crippen LogP contribution in [-0.2, 0) is 17.7 Å². The van der Waals surface area contributed by atoms with Crippen molar-refractivity contribution >= 4 is 5.69 Å². The summed E-state index contributed by atoms with van der Waals surface area (Å²) in [4.78, 5) is 4.76. The normalized spacial score (nSPS) is 18.6. The van der Waals surface area contributed by atoms with E-state index in [4.69, 9.17) is 9.47 Å². The number of methoxy groups -OCH3 is 2. The molecule has 0 aromatic heterocycles. The van der Waals surface area contributed by atoms with Crippen molar-refractivity contribution in [2.75, 3.05) is 52.4 Å². The van der Waals surface area contributed by atoms with E-state index >= 15 is 0 Å². The molecule has 2 aromatic carbocycles. The lowest BCUT2D eigenvalue weighted by atomic mass is 9.86. The molecule has 0 saturated carbocycles. The van der Waals surface area contributed by atoms with Gasteiger partial charge >= 0.3 is 0 Å². The van der Waals surface area contributed by atoms with Gasteiger partial charge in [-0.1, -0.05) is 48.6 Å². The number of benzene rings is 2. The highest BCUT2D eigenvalue weighted by Crippen LogP contribution is 2.38. The Kier molecular flexibility index (Phi) is 12.0. The number of nitrogens with zero attached hydrogens (tertiary/aromatic N) is 2. The van der Waals surface area contributed by atoms with Crippen LogP contribution in [0.1, 0.15) is 55.2 Å². The zero-order chi connectivity index (χ0) is 27.3. The van der Waals surface area contributed by atoms with Crippen LogP contribution >= 0.6 is 0 Å². The minimum atomic E-state index is 0.330. The first-order valence-corrected chi connectivity index (χ1v) is 13.9. The fraction of sp³-hybridized carbons (Fsp3) is 0.455. The van der Waals surface area contributed by atoms with E-state index in [9.17, 15) is 5.11 Å². The topological polar surface area (TPSA) is 45.2 Å². The fourth-order valence-corrected chi connectivity index (χ4v) is 4.98. The first-order chi connectivity index (χ1) is 18.4. The van der Waals surface area contributed by atoms with Gasteiger partial charge in [-0.05, 0) is 86.9 Å². The quantitative estimate of drug-likeness (QED) is 0.326. The Bertz CT molecular complexity index is 1070. The number of hydrogen-bond acceptors (Lipinski definition) is 5. The summed E-state index contributed by atoms with van der Waals surface area (Å²) in [7, 11) is 5.62. The van der Waals surface area contributed by atoms with E-state index in [1.54, 1.807) is 20.3 Å². The summed E-state index contributed by atoms with van der Waals surface area (Å²) in [5.74, 6) is 1.56.